The molecule has 0 aromatic rings. The average molecular weight is 173 g/mol. The molecule has 1 rings (SSSR count). The van der Waals surface area contributed by atoms with E-state index in [0.717, 1.165) is 6.42 Å². The lowest BCUT2D eigenvalue weighted by molar-refractivity contribution is -0.0866. The highest BCUT2D eigenvalue weighted by molar-refractivity contribution is 6.18. The van der Waals surface area contributed by atoms with Crippen LogP contribution in [0.3, 0.4) is 0 Å². The summed E-state index contributed by atoms with van der Waals surface area (Å²) in [6.07, 6.45) is 0.773. The van der Waals surface area contributed by atoms with Crippen molar-refractivity contribution in [3.05, 3.63) is 0 Å². The van der Waals surface area contributed by atoms with E-state index < -0.39 is 5.85 Å². The van der Waals surface area contributed by atoms with Crippen LogP contribution in [0.5, 0.6) is 0 Å². The summed E-state index contributed by atoms with van der Waals surface area (Å²) in [6.45, 7) is 0. The van der Waals surface area contributed by atoms with Gasteiger partial charge in [-0.25, -0.2) is 0 Å². The van der Waals surface area contributed by atoms with Gasteiger partial charge in [0, 0.05) is 6.42 Å². The number of hydrogen-bond acceptors (Lipinski definition) is 5. The lowest BCUT2D eigenvalue weighted by atomic mass is 10.1. The van der Waals surface area contributed by atoms with E-state index in [1.165, 1.54) is 0 Å². The average Bonchev–Trinajstić information content (AvgIpc) is 2.18. The van der Waals surface area contributed by atoms with Gasteiger partial charge in [0.1, 0.15) is 0 Å². The minimum absolute atomic E-state index is 0.0404. The van der Waals surface area contributed by atoms with Crippen molar-refractivity contribution in [2.45, 2.75) is 18.5 Å². The van der Waals surface area contributed by atoms with E-state index in [0.29, 0.717) is 7.69 Å². The van der Waals surface area contributed by atoms with Crippen molar-refractivity contribution in [3.63, 3.8) is 0 Å². The van der Waals surface area contributed by atoms with Crippen molar-refractivity contribution in [1.29, 1.82) is 0 Å². The number of hydrogen-bond donors (Lipinski definition) is 3. The minimum Gasteiger partial charge on any atom is -0.398 e. The maximum absolute atomic E-state index is 5.41. The molecule has 6 heteroatoms. The van der Waals surface area contributed by atoms with Crippen LogP contribution in [0.4, 0.5) is 0 Å². The van der Waals surface area contributed by atoms with E-state index in [-0.39, 0.29) is 6.23 Å². The molecule has 1 unspecified atom stereocenters. The molecule has 1 fully saturated rings. The lowest BCUT2D eigenvalue weighted by Crippen LogP contribution is -2.63. The summed E-state index contributed by atoms with van der Waals surface area (Å²) in [5.74, 6) is -0.452. The van der Waals surface area contributed by atoms with E-state index in [1.54, 1.807) is 0 Å². The molecule has 0 aromatic heterocycles. The van der Waals surface area contributed by atoms with Crippen LogP contribution in [-0.4, -0.2) is 40.9 Å². The largest absolute Gasteiger partial charge is 0.441 e. The fraction of sp³-hybridized carbons (Fsp3) is 1.00. The Kier molecular flexibility index (Phi) is 3.48. The molecule has 0 spiro atoms. The highest BCUT2D eigenvalue weighted by atomic mass is 16.6. The first kappa shape index (κ1) is 9.95. The molecule has 1 aliphatic heterocycles. The molecule has 5 nitrogen and oxygen atoms in total. The van der Waals surface area contributed by atoms with Crippen molar-refractivity contribution in [1.82, 2.24) is 16.0 Å². The summed E-state index contributed by atoms with van der Waals surface area (Å²) in [7, 11) is 5.88. The Labute approximate surface area is 73.5 Å². The van der Waals surface area contributed by atoms with Gasteiger partial charge in [0.2, 0.25) is 0 Å². The van der Waals surface area contributed by atoms with Gasteiger partial charge in [-0.3, -0.25) is 16.0 Å². The fourth-order valence-electron chi connectivity index (χ4n) is 1.25. The first-order chi connectivity index (χ1) is 5.76. The normalized spacial score (nSPS) is 28.1. The molecule has 0 aliphatic carbocycles. The Morgan fingerprint density at radius 1 is 1.33 bits per heavy atom. The second kappa shape index (κ2) is 4.20. The Morgan fingerprint density at radius 2 is 2.00 bits per heavy atom. The summed E-state index contributed by atoms with van der Waals surface area (Å²) in [4.78, 5) is 0. The molecule has 70 valence electrons. The smallest absolute Gasteiger partial charge is 0.398 e. The monoisotopic (exact) mass is 173 g/mol. The molecule has 1 atom stereocenters. The van der Waals surface area contributed by atoms with Crippen LogP contribution in [-0.2, 0) is 9.31 Å². The van der Waals surface area contributed by atoms with Gasteiger partial charge in [0.05, 0.1) is 6.23 Å². The highest BCUT2D eigenvalue weighted by Crippen LogP contribution is 2.15. The van der Waals surface area contributed by atoms with E-state index in [4.69, 9.17) is 9.31 Å². The fourth-order valence-corrected chi connectivity index (χ4v) is 1.25. The third kappa shape index (κ3) is 1.96. The van der Waals surface area contributed by atoms with Crippen LogP contribution in [0.2, 0.25) is 0 Å². The zero-order chi connectivity index (χ0) is 9.03. The maximum atomic E-state index is 5.41. The van der Waals surface area contributed by atoms with Crippen molar-refractivity contribution >= 4 is 7.69 Å². The third-order valence-corrected chi connectivity index (χ3v) is 2.18. The van der Waals surface area contributed by atoms with Crippen LogP contribution in [0, 0.1) is 0 Å². The van der Waals surface area contributed by atoms with Gasteiger partial charge >= 0.3 is 7.69 Å². The molecule has 0 saturated carbocycles. The van der Waals surface area contributed by atoms with Gasteiger partial charge < -0.3 is 9.31 Å². The molecular weight excluding hydrogens is 157 g/mol. The minimum atomic E-state index is -0.452. The zero-order valence-electron chi connectivity index (χ0n) is 7.81. The molecular formula is C6H16BN3O2. The lowest BCUT2D eigenvalue weighted by Gasteiger charge is -2.40. The van der Waals surface area contributed by atoms with Crippen molar-refractivity contribution in [3.8, 4) is 0 Å². The van der Waals surface area contributed by atoms with Crippen LogP contribution in [0.15, 0.2) is 0 Å². The van der Waals surface area contributed by atoms with E-state index in [1.807, 2.05) is 21.1 Å². The predicted octanol–water partition coefficient (Wildman–Crippen LogP) is -1.67. The Bertz CT molecular complexity index is 143. The predicted molar refractivity (Wildman–Crippen MR) is 47.6 cm³/mol. The van der Waals surface area contributed by atoms with Gasteiger partial charge in [-0.15, -0.1) is 0 Å². The molecule has 0 amide bonds. The van der Waals surface area contributed by atoms with E-state index in [9.17, 15) is 0 Å². The first-order valence-electron chi connectivity index (χ1n) is 4.07. The topological polar surface area (TPSA) is 54.5 Å². The van der Waals surface area contributed by atoms with Gasteiger partial charge in [-0.05, 0) is 21.1 Å². The van der Waals surface area contributed by atoms with Crippen molar-refractivity contribution in [2.75, 3.05) is 21.1 Å². The van der Waals surface area contributed by atoms with Gasteiger partial charge in [-0.1, -0.05) is 0 Å². The van der Waals surface area contributed by atoms with Gasteiger partial charge in [-0.2, -0.15) is 0 Å². The second-order valence-electron chi connectivity index (χ2n) is 2.74. The van der Waals surface area contributed by atoms with Crippen LogP contribution in [0.25, 0.3) is 0 Å². The quantitative estimate of drug-likeness (QED) is 0.352. The van der Waals surface area contributed by atoms with Gasteiger partial charge in [0.25, 0.3) is 0 Å². The maximum Gasteiger partial charge on any atom is 0.441 e. The first-order valence-corrected chi connectivity index (χ1v) is 4.07. The highest BCUT2D eigenvalue weighted by Gasteiger charge is 2.35. The third-order valence-electron chi connectivity index (χ3n) is 2.18. The molecule has 1 saturated heterocycles. The SMILES string of the molecule is CNC1CC(NC)(NC)OBO1. The van der Waals surface area contributed by atoms with Crippen LogP contribution >= 0.6 is 0 Å². The molecule has 1 aliphatic rings. The summed E-state index contributed by atoms with van der Waals surface area (Å²) in [5.41, 5.74) is 0. The summed E-state index contributed by atoms with van der Waals surface area (Å²) in [6, 6.07) is 0. The molecule has 0 radical (unpaired) electrons. The van der Waals surface area contributed by atoms with Crippen LogP contribution in [0.1, 0.15) is 6.42 Å². The second-order valence-corrected chi connectivity index (χ2v) is 2.74. The molecule has 0 bridgehead atoms. The number of rotatable bonds is 3. The Balaban J connectivity index is 2.52. The van der Waals surface area contributed by atoms with E-state index in [2.05, 4.69) is 16.0 Å². The summed E-state index contributed by atoms with van der Waals surface area (Å²) in [5, 5.41) is 9.20. The van der Waals surface area contributed by atoms with Crippen molar-refractivity contribution < 1.29 is 9.31 Å². The Morgan fingerprint density at radius 3 is 2.50 bits per heavy atom. The summed E-state index contributed by atoms with van der Waals surface area (Å²) >= 11 is 0. The van der Waals surface area contributed by atoms with Crippen LogP contribution < -0.4 is 16.0 Å². The summed E-state index contributed by atoms with van der Waals surface area (Å²) < 4.78 is 10.7. The van der Waals surface area contributed by atoms with Crippen molar-refractivity contribution in [2.24, 2.45) is 0 Å². The van der Waals surface area contributed by atoms with Gasteiger partial charge in [0.15, 0.2) is 5.85 Å². The standard InChI is InChI=1S/C6H16BN3O2/c1-8-5-4-6(9-2,10-3)12-7-11-5/h5,7-10H,4H2,1-3H3. The molecule has 0 aromatic carbocycles. The number of nitrogens with one attached hydrogen (secondary N) is 3. The molecule has 1 heterocycles. The zero-order valence-corrected chi connectivity index (χ0v) is 7.81. The molecule has 3 N–H and O–H groups in total. The Hall–Kier alpha value is -0.135. The molecule has 12 heavy (non-hydrogen) atoms. The van der Waals surface area contributed by atoms with E-state index >= 15 is 0 Å².